The van der Waals surface area contributed by atoms with Crippen molar-refractivity contribution in [3.63, 3.8) is 0 Å². The minimum Gasteiger partial charge on any atom is -0.497 e. The van der Waals surface area contributed by atoms with Gasteiger partial charge in [0.2, 0.25) is 0 Å². The van der Waals surface area contributed by atoms with Gasteiger partial charge in [0.05, 0.1) is 32.9 Å². The third kappa shape index (κ3) is 6.75. The Kier molecular flexibility index (Phi) is 9.20. The number of pyridine rings is 1. The molecule has 2 aromatic heterocycles. The van der Waals surface area contributed by atoms with Gasteiger partial charge in [0.1, 0.15) is 5.75 Å². The molecule has 2 aromatic carbocycles. The first-order valence-corrected chi connectivity index (χ1v) is 14.1. The summed E-state index contributed by atoms with van der Waals surface area (Å²) in [7, 11) is 1.66. The highest BCUT2D eigenvalue weighted by Gasteiger charge is 2.26. The topological polar surface area (TPSA) is 101 Å². The molecule has 0 unspecified atom stereocenters. The average molecular weight is 546 g/mol. The van der Waals surface area contributed by atoms with Crippen LogP contribution in [0.15, 0.2) is 53.3 Å². The number of rotatable bonds is 12. The summed E-state index contributed by atoms with van der Waals surface area (Å²) in [6, 6.07) is 16.0. The highest BCUT2D eigenvalue weighted by atomic mass is 16.5. The van der Waals surface area contributed by atoms with Gasteiger partial charge in [0.25, 0.3) is 5.56 Å². The lowest BCUT2D eigenvalue weighted by Gasteiger charge is -2.32. The van der Waals surface area contributed by atoms with Crippen LogP contribution in [0.1, 0.15) is 48.3 Å². The number of aromatic nitrogens is 5. The molecule has 10 nitrogen and oxygen atoms in total. The van der Waals surface area contributed by atoms with Crippen molar-refractivity contribution in [1.29, 1.82) is 0 Å². The standard InChI is InChI=1S/C30H39N7O3/c1-4-28(29-32-33-34-37(29)20-23-7-9-26(39-3)10-8-23)36(13-5-12-35-14-16-40-17-15-35)21-25-19-24-18-22(2)6-11-27(24)31-30(25)38/h6-11,18-19,28H,4-5,12-17,20-21H2,1-3H3,(H,31,38)/t28-/m1/s1. The lowest BCUT2D eigenvalue weighted by atomic mass is 10.1. The van der Waals surface area contributed by atoms with Crippen LogP contribution in [-0.4, -0.2) is 81.5 Å². The Hall–Kier alpha value is -3.60. The molecular formula is C30H39N7O3. The first kappa shape index (κ1) is 27.9. The van der Waals surface area contributed by atoms with Gasteiger partial charge in [-0.3, -0.25) is 14.6 Å². The van der Waals surface area contributed by atoms with Gasteiger partial charge in [-0.05, 0) is 78.0 Å². The maximum Gasteiger partial charge on any atom is 0.252 e. The van der Waals surface area contributed by atoms with Gasteiger partial charge in [-0.2, -0.15) is 0 Å². The van der Waals surface area contributed by atoms with E-state index in [-0.39, 0.29) is 11.6 Å². The van der Waals surface area contributed by atoms with E-state index in [4.69, 9.17) is 9.47 Å². The van der Waals surface area contributed by atoms with E-state index < -0.39 is 0 Å². The molecule has 1 aliphatic heterocycles. The molecule has 0 amide bonds. The van der Waals surface area contributed by atoms with Gasteiger partial charge in [0.15, 0.2) is 5.82 Å². The Morgan fingerprint density at radius 2 is 1.93 bits per heavy atom. The highest BCUT2D eigenvalue weighted by molar-refractivity contribution is 5.79. The predicted octanol–water partition coefficient (Wildman–Crippen LogP) is 3.56. The lowest BCUT2D eigenvalue weighted by molar-refractivity contribution is 0.0349. The molecule has 212 valence electrons. The van der Waals surface area contributed by atoms with Crippen LogP contribution in [0.3, 0.4) is 0 Å². The maximum atomic E-state index is 13.2. The zero-order chi connectivity index (χ0) is 27.9. The summed E-state index contributed by atoms with van der Waals surface area (Å²) < 4.78 is 12.7. The molecule has 0 saturated carbocycles. The Morgan fingerprint density at radius 3 is 2.67 bits per heavy atom. The van der Waals surface area contributed by atoms with E-state index in [0.29, 0.717) is 13.1 Å². The molecule has 5 rings (SSSR count). The first-order valence-electron chi connectivity index (χ1n) is 14.1. The number of nitrogens with zero attached hydrogens (tertiary/aromatic N) is 6. The number of morpholine rings is 1. The first-order chi connectivity index (χ1) is 19.5. The number of methoxy groups -OCH3 is 1. The number of hydrogen-bond donors (Lipinski definition) is 1. The molecule has 0 spiro atoms. The van der Waals surface area contributed by atoms with E-state index in [0.717, 1.165) is 91.4 Å². The summed E-state index contributed by atoms with van der Waals surface area (Å²) in [4.78, 5) is 21.1. The Labute approximate surface area is 234 Å². The number of aromatic amines is 1. The molecule has 0 aliphatic carbocycles. The fourth-order valence-electron chi connectivity index (χ4n) is 5.45. The summed E-state index contributed by atoms with van der Waals surface area (Å²) in [6.07, 6.45) is 1.78. The molecule has 1 fully saturated rings. The van der Waals surface area contributed by atoms with E-state index in [9.17, 15) is 4.79 Å². The largest absolute Gasteiger partial charge is 0.497 e. The fourth-order valence-corrected chi connectivity index (χ4v) is 5.45. The third-order valence-corrected chi connectivity index (χ3v) is 7.65. The van der Waals surface area contributed by atoms with Crippen LogP contribution < -0.4 is 10.3 Å². The second-order valence-electron chi connectivity index (χ2n) is 10.5. The van der Waals surface area contributed by atoms with E-state index in [1.54, 1.807) is 7.11 Å². The van der Waals surface area contributed by atoms with Crippen LogP contribution in [0, 0.1) is 6.92 Å². The zero-order valence-electron chi connectivity index (χ0n) is 23.7. The predicted molar refractivity (Wildman–Crippen MR) is 155 cm³/mol. The van der Waals surface area contributed by atoms with E-state index in [1.165, 1.54) is 0 Å². The van der Waals surface area contributed by atoms with Crippen molar-refractivity contribution in [2.45, 2.75) is 45.8 Å². The van der Waals surface area contributed by atoms with Crippen LogP contribution >= 0.6 is 0 Å². The molecule has 3 heterocycles. The summed E-state index contributed by atoms with van der Waals surface area (Å²) in [5, 5.41) is 13.9. The molecule has 40 heavy (non-hydrogen) atoms. The van der Waals surface area contributed by atoms with Crippen molar-refractivity contribution in [3.8, 4) is 5.75 Å². The Morgan fingerprint density at radius 1 is 1.12 bits per heavy atom. The maximum absolute atomic E-state index is 13.2. The van der Waals surface area contributed by atoms with E-state index >= 15 is 0 Å². The van der Waals surface area contributed by atoms with Crippen molar-refractivity contribution in [1.82, 2.24) is 35.0 Å². The molecule has 1 saturated heterocycles. The van der Waals surface area contributed by atoms with E-state index in [2.05, 4.69) is 50.2 Å². The fraction of sp³-hybridized carbons (Fsp3) is 0.467. The number of aryl methyl sites for hydroxylation is 1. The number of H-pyrrole nitrogens is 1. The normalized spacial score (nSPS) is 15.1. The van der Waals surface area contributed by atoms with Crippen LogP contribution in [0.5, 0.6) is 5.75 Å². The van der Waals surface area contributed by atoms with Crippen molar-refractivity contribution >= 4 is 10.9 Å². The van der Waals surface area contributed by atoms with Gasteiger partial charge >= 0.3 is 0 Å². The highest BCUT2D eigenvalue weighted by Crippen LogP contribution is 2.26. The van der Waals surface area contributed by atoms with E-state index in [1.807, 2.05) is 47.1 Å². The number of hydrogen-bond acceptors (Lipinski definition) is 8. The number of benzene rings is 2. The Bertz CT molecular complexity index is 1440. The molecule has 10 heteroatoms. The molecule has 0 radical (unpaired) electrons. The number of ether oxygens (including phenoxy) is 2. The zero-order valence-corrected chi connectivity index (χ0v) is 23.7. The summed E-state index contributed by atoms with van der Waals surface area (Å²) >= 11 is 0. The molecule has 1 atom stereocenters. The SMILES string of the molecule is CC[C@H](c1nnnn1Cc1ccc(OC)cc1)N(CCCN1CCOCC1)Cc1cc2cc(C)ccc2[nH]c1=O. The minimum absolute atomic E-state index is 0.0504. The molecule has 0 bridgehead atoms. The van der Waals surface area contributed by atoms with Crippen LogP contribution in [0.4, 0.5) is 0 Å². The number of nitrogens with one attached hydrogen (secondary N) is 1. The summed E-state index contributed by atoms with van der Waals surface area (Å²) in [5.41, 5.74) is 3.80. The smallest absolute Gasteiger partial charge is 0.252 e. The van der Waals surface area contributed by atoms with Crippen LogP contribution in [0.25, 0.3) is 10.9 Å². The van der Waals surface area contributed by atoms with Gasteiger partial charge in [-0.15, -0.1) is 5.10 Å². The van der Waals surface area contributed by atoms with Crippen molar-refractivity contribution < 1.29 is 9.47 Å². The van der Waals surface area contributed by atoms with Crippen molar-refractivity contribution in [3.05, 3.63) is 81.4 Å². The van der Waals surface area contributed by atoms with Crippen LogP contribution in [-0.2, 0) is 17.8 Å². The summed E-state index contributed by atoms with van der Waals surface area (Å²) in [5.74, 6) is 1.62. The molecule has 1 aliphatic rings. The van der Waals surface area contributed by atoms with Crippen LogP contribution in [0.2, 0.25) is 0 Å². The third-order valence-electron chi connectivity index (χ3n) is 7.65. The second-order valence-corrected chi connectivity index (χ2v) is 10.5. The van der Waals surface area contributed by atoms with Gasteiger partial charge < -0.3 is 14.5 Å². The van der Waals surface area contributed by atoms with Gasteiger partial charge in [-0.1, -0.05) is 30.7 Å². The van der Waals surface area contributed by atoms with Crippen molar-refractivity contribution in [2.24, 2.45) is 0 Å². The lowest BCUT2D eigenvalue weighted by Crippen LogP contribution is -2.39. The quantitative estimate of drug-likeness (QED) is 0.288. The molecular weight excluding hydrogens is 506 g/mol. The monoisotopic (exact) mass is 545 g/mol. The Balaban J connectivity index is 1.41. The van der Waals surface area contributed by atoms with Crippen molar-refractivity contribution in [2.75, 3.05) is 46.5 Å². The minimum atomic E-state index is -0.0535. The number of tetrazole rings is 1. The summed E-state index contributed by atoms with van der Waals surface area (Å²) in [6.45, 7) is 10.6. The average Bonchev–Trinajstić information content (AvgIpc) is 3.42. The molecule has 1 N–H and O–H groups in total. The second kappa shape index (κ2) is 13.2. The number of fused-ring (bicyclic) bond motifs is 1. The molecule has 4 aromatic rings. The van der Waals surface area contributed by atoms with Gasteiger partial charge in [-0.25, -0.2) is 4.68 Å². The van der Waals surface area contributed by atoms with Gasteiger partial charge in [0, 0.05) is 37.3 Å².